The summed E-state index contributed by atoms with van der Waals surface area (Å²) in [6, 6.07) is 0. The standard InChI is InChI=1S/C21H42N4O3/c1-7-24(20(26)28-21(3,4)5)17-18-11-14-25(15-12-18)19(22-6)23-13-9-10-16-27-8-2/h18H,7-17H2,1-6H3,(H,22,23). The normalized spacial score (nSPS) is 16.2. The zero-order valence-corrected chi connectivity index (χ0v) is 18.9. The second-order valence-electron chi connectivity index (χ2n) is 8.33. The van der Waals surface area contributed by atoms with E-state index in [1.54, 1.807) is 0 Å². The summed E-state index contributed by atoms with van der Waals surface area (Å²) in [5.41, 5.74) is -0.450. The number of aliphatic imine (C=N–C) groups is 1. The van der Waals surface area contributed by atoms with Gasteiger partial charge in [0.25, 0.3) is 0 Å². The zero-order chi connectivity index (χ0) is 21.0. The van der Waals surface area contributed by atoms with Gasteiger partial charge in [-0.05, 0) is 66.2 Å². The summed E-state index contributed by atoms with van der Waals surface area (Å²) < 4.78 is 10.9. The van der Waals surface area contributed by atoms with Gasteiger partial charge in [-0.1, -0.05) is 0 Å². The number of likely N-dealkylation sites (tertiary alicyclic amines) is 1. The van der Waals surface area contributed by atoms with Gasteiger partial charge in [0.1, 0.15) is 5.60 Å². The number of amides is 1. The minimum Gasteiger partial charge on any atom is -0.444 e. The van der Waals surface area contributed by atoms with Crippen molar-refractivity contribution in [3.8, 4) is 0 Å². The van der Waals surface area contributed by atoms with Crippen molar-refractivity contribution in [2.45, 2.75) is 65.9 Å². The van der Waals surface area contributed by atoms with Gasteiger partial charge in [0.15, 0.2) is 5.96 Å². The van der Waals surface area contributed by atoms with Crippen LogP contribution in [0.15, 0.2) is 4.99 Å². The minimum atomic E-state index is -0.450. The first-order valence-electron chi connectivity index (χ1n) is 10.8. The SMILES string of the molecule is CCOCCCCNC(=NC)N1CCC(CN(CC)C(=O)OC(C)(C)C)CC1. The molecular weight excluding hydrogens is 356 g/mol. The third kappa shape index (κ3) is 9.62. The Bertz CT molecular complexity index is 469. The molecular formula is C21H42N4O3. The molecule has 164 valence electrons. The van der Waals surface area contributed by atoms with Gasteiger partial charge in [0.2, 0.25) is 0 Å². The van der Waals surface area contributed by atoms with Gasteiger partial charge in [0.05, 0.1) is 0 Å². The Hall–Kier alpha value is -1.50. The molecule has 0 bridgehead atoms. The summed E-state index contributed by atoms with van der Waals surface area (Å²) in [5, 5.41) is 3.46. The van der Waals surface area contributed by atoms with E-state index in [0.717, 1.165) is 71.0 Å². The number of piperidine rings is 1. The smallest absolute Gasteiger partial charge is 0.410 e. The topological polar surface area (TPSA) is 66.4 Å². The third-order valence-electron chi connectivity index (χ3n) is 4.84. The highest BCUT2D eigenvalue weighted by Gasteiger charge is 2.27. The molecule has 1 aliphatic heterocycles. The van der Waals surface area contributed by atoms with Crippen LogP contribution < -0.4 is 5.32 Å². The Balaban J connectivity index is 2.36. The summed E-state index contributed by atoms with van der Waals surface area (Å²) in [5.74, 6) is 1.49. The summed E-state index contributed by atoms with van der Waals surface area (Å²) in [6.07, 6.45) is 4.06. The lowest BCUT2D eigenvalue weighted by Gasteiger charge is -2.36. The van der Waals surface area contributed by atoms with Gasteiger partial charge in [0, 0.05) is 53.0 Å². The van der Waals surface area contributed by atoms with Crippen molar-refractivity contribution in [3.63, 3.8) is 0 Å². The molecule has 1 aliphatic rings. The molecule has 0 spiro atoms. The maximum Gasteiger partial charge on any atom is 0.410 e. The van der Waals surface area contributed by atoms with E-state index in [1.807, 2.05) is 46.6 Å². The van der Waals surface area contributed by atoms with Crippen molar-refractivity contribution in [3.05, 3.63) is 0 Å². The molecule has 0 aromatic heterocycles. The van der Waals surface area contributed by atoms with Crippen LogP contribution in [0, 0.1) is 5.92 Å². The van der Waals surface area contributed by atoms with Crippen LogP contribution in [-0.4, -0.2) is 80.4 Å². The number of hydrogen-bond acceptors (Lipinski definition) is 4. The Morgan fingerprint density at radius 1 is 1.21 bits per heavy atom. The first-order chi connectivity index (χ1) is 13.3. The van der Waals surface area contributed by atoms with Crippen molar-refractivity contribution in [2.75, 3.05) is 53.0 Å². The lowest BCUT2D eigenvalue weighted by atomic mass is 9.96. The van der Waals surface area contributed by atoms with Crippen molar-refractivity contribution >= 4 is 12.1 Å². The first-order valence-corrected chi connectivity index (χ1v) is 10.8. The van der Waals surface area contributed by atoms with E-state index < -0.39 is 5.60 Å². The number of ether oxygens (including phenoxy) is 2. The van der Waals surface area contributed by atoms with Crippen LogP contribution in [-0.2, 0) is 9.47 Å². The molecule has 1 amide bonds. The number of rotatable bonds is 9. The van der Waals surface area contributed by atoms with Gasteiger partial charge in [-0.15, -0.1) is 0 Å². The quantitative estimate of drug-likeness (QED) is 0.366. The Labute approximate surface area is 171 Å². The summed E-state index contributed by atoms with van der Waals surface area (Å²) in [6.45, 7) is 15.7. The average Bonchev–Trinajstić information content (AvgIpc) is 2.65. The summed E-state index contributed by atoms with van der Waals surface area (Å²) in [4.78, 5) is 20.9. The minimum absolute atomic E-state index is 0.207. The van der Waals surface area contributed by atoms with Crippen molar-refractivity contribution in [1.29, 1.82) is 0 Å². The fourth-order valence-corrected chi connectivity index (χ4v) is 3.30. The molecule has 28 heavy (non-hydrogen) atoms. The molecule has 0 aromatic rings. The molecule has 1 rings (SSSR count). The Kier molecular flexibility index (Phi) is 11.3. The fraction of sp³-hybridized carbons (Fsp3) is 0.905. The van der Waals surface area contributed by atoms with Gasteiger partial charge >= 0.3 is 6.09 Å². The number of nitrogens with zero attached hydrogens (tertiary/aromatic N) is 3. The van der Waals surface area contributed by atoms with E-state index >= 15 is 0 Å². The van der Waals surface area contributed by atoms with Crippen LogP contribution in [0.2, 0.25) is 0 Å². The molecule has 7 heteroatoms. The van der Waals surface area contributed by atoms with Gasteiger partial charge in [-0.3, -0.25) is 4.99 Å². The molecule has 0 saturated carbocycles. The maximum atomic E-state index is 12.4. The number of guanidine groups is 1. The van der Waals surface area contributed by atoms with E-state index in [-0.39, 0.29) is 6.09 Å². The number of nitrogens with one attached hydrogen (secondary N) is 1. The molecule has 1 fully saturated rings. The van der Waals surface area contributed by atoms with Gasteiger partial charge < -0.3 is 24.6 Å². The van der Waals surface area contributed by atoms with Crippen molar-refractivity contribution in [2.24, 2.45) is 10.9 Å². The molecule has 7 nitrogen and oxygen atoms in total. The van der Waals surface area contributed by atoms with E-state index in [2.05, 4.69) is 15.2 Å². The predicted molar refractivity (Wildman–Crippen MR) is 115 cm³/mol. The van der Waals surface area contributed by atoms with Crippen LogP contribution >= 0.6 is 0 Å². The summed E-state index contributed by atoms with van der Waals surface area (Å²) >= 11 is 0. The largest absolute Gasteiger partial charge is 0.444 e. The van der Waals surface area contributed by atoms with Gasteiger partial charge in [-0.2, -0.15) is 0 Å². The van der Waals surface area contributed by atoms with E-state index in [0.29, 0.717) is 12.5 Å². The van der Waals surface area contributed by atoms with Crippen LogP contribution in [0.1, 0.15) is 60.3 Å². The number of unbranched alkanes of at least 4 members (excludes halogenated alkanes) is 1. The Morgan fingerprint density at radius 2 is 1.89 bits per heavy atom. The lowest BCUT2D eigenvalue weighted by Crippen LogP contribution is -2.48. The molecule has 0 aliphatic carbocycles. The number of carbonyl (C=O) groups excluding carboxylic acids is 1. The van der Waals surface area contributed by atoms with Crippen LogP contribution in [0.3, 0.4) is 0 Å². The fourth-order valence-electron chi connectivity index (χ4n) is 3.30. The van der Waals surface area contributed by atoms with Crippen LogP contribution in [0.25, 0.3) is 0 Å². The van der Waals surface area contributed by atoms with Crippen molar-refractivity contribution < 1.29 is 14.3 Å². The van der Waals surface area contributed by atoms with E-state index in [1.165, 1.54) is 0 Å². The third-order valence-corrected chi connectivity index (χ3v) is 4.84. The second-order valence-corrected chi connectivity index (χ2v) is 8.33. The van der Waals surface area contributed by atoms with Crippen molar-refractivity contribution in [1.82, 2.24) is 15.1 Å². The molecule has 1 N–H and O–H groups in total. The second kappa shape index (κ2) is 12.9. The van der Waals surface area contributed by atoms with Crippen LogP contribution in [0.5, 0.6) is 0 Å². The molecule has 0 unspecified atom stereocenters. The average molecular weight is 399 g/mol. The molecule has 0 atom stereocenters. The highest BCUT2D eigenvalue weighted by Crippen LogP contribution is 2.20. The first kappa shape index (κ1) is 24.5. The molecule has 0 radical (unpaired) electrons. The van der Waals surface area contributed by atoms with E-state index in [9.17, 15) is 4.79 Å². The molecule has 1 saturated heterocycles. The maximum absolute atomic E-state index is 12.4. The predicted octanol–water partition coefficient (Wildman–Crippen LogP) is 3.35. The zero-order valence-electron chi connectivity index (χ0n) is 18.9. The van der Waals surface area contributed by atoms with Crippen LogP contribution in [0.4, 0.5) is 4.79 Å². The highest BCUT2D eigenvalue weighted by molar-refractivity contribution is 5.79. The number of hydrogen-bond donors (Lipinski definition) is 1. The summed E-state index contributed by atoms with van der Waals surface area (Å²) in [7, 11) is 1.84. The molecule has 1 heterocycles. The van der Waals surface area contributed by atoms with Gasteiger partial charge in [-0.25, -0.2) is 4.79 Å². The lowest BCUT2D eigenvalue weighted by molar-refractivity contribution is 0.0214. The Morgan fingerprint density at radius 3 is 2.43 bits per heavy atom. The number of carbonyl (C=O) groups is 1. The molecule has 0 aromatic carbocycles. The highest BCUT2D eigenvalue weighted by atomic mass is 16.6. The monoisotopic (exact) mass is 398 g/mol. The van der Waals surface area contributed by atoms with E-state index in [4.69, 9.17) is 9.47 Å².